The van der Waals surface area contributed by atoms with Crippen LogP contribution in [-0.2, 0) is 4.79 Å². The second-order valence-electron chi connectivity index (χ2n) is 3.09. The minimum atomic E-state index is -4.82. The van der Waals surface area contributed by atoms with E-state index in [-0.39, 0.29) is 5.95 Å². The molecule has 0 aromatic carbocycles. The normalized spacial score (nSPS) is 15.8. The molecule has 1 heterocycles. The molecule has 0 bridgehead atoms. The van der Waals surface area contributed by atoms with Gasteiger partial charge in [0.1, 0.15) is 0 Å². The first kappa shape index (κ1) is 11.5. The topological polar surface area (TPSA) is 83.8 Å². The third-order valence-electron chi connectivity index (χ3n) is 1.79. The molecule has 1 aromatic heterocycles. The van der Waals surface area contributed by atoms with Crippen molar-refractivity contribution in [2.24, 2.45) is 5.73 Å². The summed E-state index contributed by atoms with van der Waals surface area (Å²) in [5.41, 5.74) is 1.93. The number of nitrogens with one attached hydrogen (secondary N) is 2. The molecule has 15 heavy (non-hydrogen) atoms. The van der Waals surface area contributed by atoms with Gasteiger partial charge in [0, 0.05) is 12.4 Å². The van der Waals surface area contributed by atoms with Crippen molar-refractivity contribution >= 4 is 11.9 Å². The zero-order valence-corrected chi connectivity index (χ0v) is 7.72. The second-order valence-corrected chi connectivity index (χ2v) is 3.09. The van der Waals surface area contributed by atoms with Gasteiger partial charge in [0.05, 0.1) is 0 Å². The summed E-state index contributed by atoms with van der Waals surface area (Å²) in [4.78, 5) is 17.1. The summed E-state index contributed by atoms with van der Waals surface area (Å²) in [5.74, 6) is -1.45. The Morgan fingerprint density at radius 1 is 1.60 bits per heavy atom. The Morgan fingerprint density at radius 3 is 2.60 bits per heavy atom. The minimum Gasteiger partial charge on any atom is -0.331 e. The van der Waals surface area contributed by atoms with E-state index in [4.69, 9.17) is 5.73 Å². The predicted octanol–water partition coefficient (Wildman–Crippen LogP) is 0.628. The molecule has 0 aliphatic rings. The number of alkyl halides is 3. The summed E-state index contributed by atoms with van der Waals surface area (Å²) in [6.07, 6.45) is -2.17. The Bertz CT molecular complexity index is 344. The van der Waals surface area contributed by atoms with Crippen LogP contribution in [0.4, 0.5) is 19.1 Å². The van der Waals surface area contributed by atoms with Crippen LogP contribution in [0.2, 0.25) is 0 Å². The first-order chi connectivity index (χ1) is 6.75. The summed E-state index contributed by atoms with van der Waals surface area (Å²) in [7, 11) is 0. The molecule has 84 valence electrons. The summed E-state index contributed by atoms with van der Waals surface area (Å²) in [6, 6.07) is 0. The quantitative estimate of drug-likeness (QED) is 0.686. The number of aromatic nitrogens is 2. The van der Waals surface area contributed by atoms with Gasteiger partial charge in [0.15, 0.2) is 5.54 Å². The number of hydrogen-bond donors (Lipinski definition) is 3. The van der Waals surface area contributed by atoms with E-state index in [0.717, 1.165) is 0 Å². The summed E-state index contributed by atoms with van der Waals surface area (Å²) in [5, 5.41) is 1.92. The molecule has 8 heteroatoms. The van der Waals surface area contributed by atoms with E-state index in [1.165, 1.54) is 12.4 Å². The lowest BCUT2D eigenvalue weighted by atomic mass is 10.0. The number of halogens is 3. The van der Waals surface area contributed by atoms with E-state index in [2.05, 4.69) is 9.97 Å². The average molecular weight is 222 g/mol. The monoisotopic (exact) mass is 222 g/mol. The number of amides is 1. The highest BCUT2D eigenvalue weighted by Gasteiger charge is 2.54. The van der Waals surface area contributed by atoms with Gasteiger partial charge in [-0.25, -0.2) is 4.98 Å². The highest BCUT2D eigenvalue weighted by Crippen LogP contribution is 2.28. The number of H-pyrrole nitrogens is 1. The number of rotatable bonds is 2. The molecular formula is C7H9F3N4O. The van der Waals surface area contributed by atoms with Crippen LogP contribution in [0.1, 0.15) is 6.92 Å². The van der Waals surface area contributed by atoms with E-state index in [1.807, 2.05) is 5.32 Å². The van der Waals surface area contributed by atoms with Crippen molar-refractivity contribution in [2.75, 3.05) is 5.32 Å². The van der Waals surface area contributed by atoms with E-state index in [1.54, 1.807) is 0 Å². The lowest BCUT2D eigenvalue weighted by Crippen LogP contribution is -2.59. The number of nitrogens with zero attached hydrogens (tertiary/aromatic N) is 1. The zero-order chi connectivity index (χ0) is 11.7. The van der Waals surface area contributed by atoms with Crippen molar-refractivity contribution in [3.05, 3.63) is 12.4 Å². The van der Waals surface area contributed by atoms with Gasteiger partial charge in [0.25, 0.3) is 5.91 Å². The number of carbonyl (C=O) groups is 1. The van der Waals surface area contributed by atoms with Gasteiger partial charge >= 0.3 is 6.18 Å². The Labute approximate surface area is 82.9 Å². The van der Waals surface area contributed by atoms with E-state index in [0.29, 0.717) is 6.92 Å². The molecule has 1 unspecified atom stereocenters. The van der Waals surface area contributed by atoms with E-state index < -0.39 is 17.6 Å². The first-order valence-corrected chi connectivity index (χ1v) is 3.91. The van der Waals surface area contributed by atoms with E-state index >= 15 is 0 Å². The highest BCUT2D eigenvalue weighted by atomic mass is 19.4. The molecule has 0 radical (unpaired) electrons. The van der Waals surface area contributed by atoms with Crippen molar-refractivity contribution in [1.82, 2.24) is 9.97 Å². The molecule has 5 nitrogen and oxygen atoms in total. The number of nitrogens with two attached hydrogens (primary N) is 1. The van der Waals surface area contributed by atoms with Crippen LogP contribution in [0.3, 0.4) is 0 Å². The maximum atomic E-state index is 12.3. The van der Waals surface area contributed by atoms with Gasteiger partial charge in [-0.2, -0.15) is 13.2 Å². The first-order valence-electron chi connectivity index (χ1n) is 3.91. The Hall–Kier alpha value is -1.57. The molecule has 0 saturated heterocycles. The molecule has 0 saturated carbocycles. The lowest BCUT2D eigenvalue weighted by Gasteiger charge is -2.25. The fourth-order valence-corrected chi connectivity index (χ4v) is 0.700. The zero-order valence-electron chi connectivity index (χ0n) is 7.72. The predicted molar refractivity (Wildman–Crippen MR) is 45.9 cm³/mol. The van der Waals surface area contributed by atoms with Crippen molar-refractivity contribution in [3.63, 3.8) is 0 Å². The van der Waals surface area contributed by atoms with Crippen LogP contribution in [0.5, 0.6) is 0 Å². The number of hydrogen-bond acceptors (Lipinski definition) is 3. The molecule has 0 aliphatic carbocycles. The van der Waals surface area contributed by atoms with Gasteiger partial charge in [-0.1, -0.05) is 0 Å². The Morgan fingerprint density at radius 2 is 2.20 bits per heavy atom. The molecule has 1 amide bonds. The molecule has 0 aliphatic heterocycles. The van der Waals surface area contributed by atoms with Gasteiger partial charge in [-0.3, -0.25) is 10.1 Å². The maximum Gasteiger partial charge on any atom is 0.415 e. The highest BCUT2D eigenvalue weighted by molar-refractivity contribution is 5.97. The van der Waals surface area contributed by atoms with Crippen LogP contribution in [0.15, 0.2) is 12.4 Å². The minimum absolute atomic E-state index is 0.0825. The van der Waals surface area contributed by atoms with Gasteiger partial charge in [0.2, 0.25) is 5.95 Å². The van der Waals surface area contributed by atoms with Crippen molar-refractivity contribution in [2.45, 2.75) is 18.6 Å². The third-order valence-corrected chi connectivity index (χ3v) is 1.79. The van der Waals surface area contributed by atoms with Crippen LogP contribution >= 0.6 is 0 Å². The lowest BCUT2D eigenvalue weighted by molar-refractivity contribution is -0.184. The van der Waals surface area contributed by atoms with Crippen molar-refractivity contribution in [1.29, 1.82) is 0 Å². The molecule has 1 rings (SSSR count). The second kappa shape index (κ2) is 3.54. The fourth-order valence-electron chi connectivity index (χ4n) is 0.700. The van der Waals surface area contributed by atoms with E-state index in [9.17, 15) is 18.0 Å². The number of anilines is 1. The maximum absolute atomic E-state index is 12.3. The number of carbonyl (C=O) groups excluding carboxylic acids is 1. The summed E-state index contributed by atoms with van der Waals surface area (Å²) >= 11 is 0. The summed E-state index contributed by atoms with van der Waals surface area (Å²) < 4.78 is 36.9. The molecule has 1 aromatic rings. The summed E-state index contributed by atoms with van der Waals surface area (Å²) in [6.45, 7) is 0.589. The molecule has 4 N–H and O–H groups in total. The molecule has 1 atom stereocenters. The number of aromatic amines is 1. The smallest absolute Gasteiger partial charge is 0.331 e. The van der Waals surface area contributed by atoms with Crippen LogP contribution < -0.4 is 11.1 Å². The van der Waals surface area contributed by atoms with Crippen LogP contribution in [0, 0.1) is 0 Å². The van der Waals surface area contributed by atoms with Crippen LogP contribution in [-0.4, -0.2) is 27.6 Å². The number of imidazole rings is 1. The molecular weight excluding hydrogens is 213 g/mol. The van der Waals surface area contributed by atoms with Gasteiger partial charge < -0.3 is 10.7 Å². The van der Waals surface area contributed by atoms with Gasteiger partial charge in [-0.15, -0.1) is 0 Å². The van der Waals surface area contributed by atoms with Gasteiger partial charge in [-0.05, 0) is 6.92 Å². The molecule has 0 spiro atoms. The van der Waals surface area contributed by atoms with Crippen LogP contribution in [0.25, 0.3) is 0 Å². The molecule has 0 fully saturated rings. The average Bonchev–Trinajstić information content (AvgIpc) is 2.54. The Balaban J connectivity index is 2.77. The third kappa shape index (κ3) is 2.27. The fraction of sp³-hybridized carbons (Fsp3) is 0.429. The van der Waals surface area contributed by atoms with Crippen molar-refractivity contribution < 1.29 is 18.0 Å². The van der Waals surface area contributed by atoms with Crippen molar-refractivity contribution in [3.8, 4) is 0 Å². The Kier molecular flexibility index (Phi) is 2.71. The largest absolute Gasteiger partial charge is 0.415 e. The standard InChI is InChI=1S/C7H9F3N4O/c1-6(11,7(8,9)10)4(15)14-5-12-2-3-13-5/h2-3H,11H2,1H3,(H2,12,13,14,15). The SMILES string of the molecule is CC(N)(C(=O)Nc1ncc[nH]1)C(F)(F)F.